The van der Waals surface area contributed by atoms with Gasteiger partial charge in [-0.25, -0.2) is 0 Å². The molecule has 0 aliphatic heterocycles. The van der Waals surface area contributed by atoms with Crippen molar-refractivity contribution in [3.8, 4) is 0 Å². The monoisotopic (exact) mass is 584 g/mol. The normalized spacial score (nSPS) is 10.9. The Morgan fingerprint density at radius 1 is 1.15 bits per heavy atom. The van der Waals surface area contributed by atoms with Gasteiger partial charge >= 0.3 is 0 Å². The molecule has 0 spiro atoms. The molecule has 0 fully saturated rings. The zero-order valence-corrected chi connectivity index (χ0v) is 22.9. The van der Waals surface area contributed by atoms with Gasteiger partial charge in [0, 0.05) is 16.8 Å². The Morgan fingerprint density at radius 3 is 2.64 bits per heavy atom. The highest BCUT2D eigenvalue weighted by Crippen LogP contribution is 2.28. The highest BCUT2D eigenvalue weighted by Gasteiger charge is 2.15. The van der Waals surface area contributed by atoms with Gasteiger partial charge in [-0.05, 0) is 70.7 Å². The van der Waals surface area contributed by atoms with Crippen LogP contribution >= 0.6 is 62.7 Å². The molecule has 0 aliphatic carbocycles. The Labute approximate surface area is 220 Å². The largest absolute Gasteiger partial charge is 0.324 e. The van der Waals surface area contributed by atoms with Crippen LogP contribution in [0.15, 0.2) is 52.6 Å². The standard InChI is InChI=1S/C23H23BrCl2N4OS2/c1-4-7-30-21(12-32-11-16-5-6-18(25)19(26)10-16)28-29-23(30)33-13-22(31)27-20-9-15(3)14(2)8-17(20)24/h4-6,8-10H,1,7,11-13H2,2-3H3,(H,27,31). The molecular formula is C23H23BrCl2N4OS2. The van der Waals surface area contributed by atoms with Crippen molar-refractivity contribution in [2.24, 2.45) is 0 Å². The molecule has 0 saturated heterocycles. The Hall–Kier alpha value is -1.45. The van der Waals surface area contributed by atoms with Crippen LogP contribution in [0.4, 0.5) is 5.69 Å². The fraction of sp³-hybridized carbons (Fsp3) is 0.261. The number of aromatic nitrogens is 3. The summed E-state index contributed by atoms with van der Waals surface area (Å²) in [6.07, 6.45) is 1.80. The third-order valence-electron chi connectivity index (χ3n) is 4.78. The van der Waals surface area contributed by atoms with E-state index in [0.717, 1.165) is 38.4 Å². The summed E-state index contributed by atoms with van der Waals surface area (Å²) in [6, 6.07) is 9.60. The molecule has 10 heteroatoms. The topological polar surface area (TPSA) is 59.8 Å². The molecule has 5 nitrogen and oxygen atoms in total. The highest BCUT2D eigenvalue weighted by atomic mass is 79.9. The summed E-state index contributed by atoms with van der Waals surface area (Å²) in [4.78, 5) is 12.5. The number of aryl methyl sites for hydroxylation is 2. The van der Waals surface area contributed by atoms with E-state index >= 15 is 0 Å². The van der Waals surface area contributed by atoms with Crippen molar-refractivity contribution < 1.29 is 4.79 Å². The van der Waals surface area contributed by atoms with Crippen molar-refractivity contribution in [2.75, 3.05) is 11.1 Å². The molecule has 0 atom stereocenters. The highest BCUT2D eigenvalue weighted by molar-refractivity contribution is 9.10. The number of thioether (sulfide) groups is 2. The maximum Gasteiger partial charge on any atom is 0.234 e. The number of carbonyl (C=O) groups is 1. The van der Waals surface area contributed by atoms with Crippen molar-refractivity contribution in [3.05, 3.63) is 80.0 Å². The lowest BCUT2D eigenvalue weighted by Gasteiger charge is -2.11. The Kier molecular flexibility index (Phi) is 9.76. The van der Waals surface area contributed by atoms with E-state index in [4.69, 9.17) is 23.2 Å². The van der Waals surface area contributed by atoms with Crippen LogP contribution < -0.4 is 5.32 Å². The van der Waals surface area contributed by atoms with Crippen LogP contribution in [0.5, 0.6) is 0 Å². The molecule has 33 heavy (non-hydrogen) atoms. The minimum atomic E-state index is -0.104. The number of hydrogen-bond donors (Lipinski definition) is 1. The van der Waals surface area contributed by atoms with Gasteiger partial charge in [0.15, 0.2) is 5.16 Å². The van der Waals surface area contributed by atoms with E-state index in [1.807, 2.05) is 42.7 Å². The van der Waals surface area contributed by atoms with Crippen LogP contribution in [-0.4, -0.2) is 26.4 Å². The van der Waals surface area contributed by atoms with Crippen LogP contribution in [-0.2, 0) is 22.8 Å². The van der Waals surface area contributed by atoms with Crippen molar-refractivity contribution in [2.45, 2.75) is 37.1 Å². The van der Waals surface area contributed by atoms with Gasteiger partial charge in [0.2, 0.25) is 5.91 Å². The van der Waals surface area contributed by atoms with Crippen molar-refractivity contribution in [3.63, 3.8) is 0 Å². The number of halogens is 3. The summed E-state index contributed by atoms with van der Waals surface area (Å²) < 4.78 is 2.85. The zero-order valence-electron chi connectivity index (χ0n) is 18.2. The van der Waals surface area contributed by atoms with Crippen LogP contribution in [0.1, 0.15) is 22.5 Å². The number of benzene rings is 2. The molecule has 1 N–H and O–H groups in total. The summed E-state index contributed by atoms with van der Waals surface area (Å²) >= 11 is 18.7. The molecule has 0 unspecified atom stereocenters. The van der Waals surface area contributed by atoms with E-state index in [1.54, 1.807) is 23.9 Å². The zero-order chi connectivity index (χ0) is 24.0. The number of hydrogen-bond acceptors (Lipinski definition) is 5. The summed E-state index contributed by atoms with van der Waals surface area (Å²) in [5.41, 5.74) is 4.13. The molecule has 174 valence electrons. The van der Waals surface area contributed by atoms with E-state index in [9.17, 15) is 4.79 Å². The maximum absolute atomic E-state index is 12.5. The molecule has 1 aromatic heterocycles. The van der Waals surface area contributed by atoms with Crippen molar-refractivity contribution in [1.29, 1.82) is 0 Å². The first-order chi connectivity index (χ1) is 15.8. The van der Waals surface area contributed by atoms with Gasteiger partial charge < -0.3 is 9.88 Å². The number of carbonyl (C=O) groups excluding carboxylic acids is 1. The first kappa shape index (κ1) is 26.2. The second-order valence-electron chi connectivity index (χ2n) is 7.29. The average molecular weight is 586 g/mol. The average Bonchev–Trinajstić information content (AvgIpc) is 3.15. The third kappa shape index (κ3) is 7.26. The van der Waals surface area contributed by atoms with E-state index < -0.39 is 0 Å². The van der Waals surface area contributed by atoms with Gasteiger partial charge in [-0.1, -0.05) is 47.1 Å². The lowest BCUT2D eigenvalue weighted by Crippen LogP contribution is -2.15. The van der Waals surface area contributed by atoms with Gasteiger partial charge in [-0.15, -0.1) is 28.5 Å². The Bertz CT molecular complexity index is 1170. The lowest BCUT2D eigenvalue weighted by molar-refractivity contribution is -0.113. The van der Waals surface area contributed by atoms with Gasteiger partial charge in [0.1, 0.15) is 5.82 Å². The summed E-state index contributed by atoms with van der Waals surface area (Å²) in [6.45, 7) is 8.46. The molecule has 0 bridgehead atoms. The first-order valence-corrected chi connectivity index (χ1v) is 13.7. The summed E-state index contributed by atoms with van der Waals surface area (Å²) in [5.74, 6) is 2.40. The number of amides is 1. The molecule has 1 amide bonds. The quantitative estimate of drug-likeness (QED) is 0.199. The number of nitrogens with one attached hydrogen (secondary N) is 1. The minimum Gasteiger partial charge on any atom is -0.324 e. The molecule has 0 aliphatic rings. The van der Waals surface area contributed by atoms with Gasteiger partial charge in [0.25, 0.3) is 0 Å². The van der Waals surface area contributed by atoms with E-state index in [-0.39, 0.29) is 11.7 Å². The molecule has 1 heterocycles. The summed E-state index contributed by atoms with van der Waals surface area (Å²) in [7, 11) is 0. The Balaban J connectivity index is 1.59. The van der Waals surface area contributed by atoms with Crippen molar-refractivity contribution >= 4 is 74.3 Å². The van der Waals surface area contributed by atoms with Crippen LogP contribution in [0.2, 0.25) is 10.0 Å². The number of rotatable bonds is 10. The fourth-order valence-corrected chi connectivity index (χ4v) is 5.49. The SMILES string of the molecule is C=CCn1c(CSCc2ccc(Cl)c(Cl)c2)nnc1SCC(=O)Nc1cc(C)c(C)cc1Br. The number of allylic oxidation sites excluding steroid dienone is 1. The van der Waals surface area contributed by atoms with Gasteiger partial charge in [-0.2, -0.15) is 0 Å². The smallest absolute Gasteiger partial charge is 0.234 e. The van der Waals surface area contributed by atoms with Gasteiger partial charge in [-0.3, -0.25) is 4.79 Å². The van der Waals surface area contributed by atoms with Crippen LogP contribution in [0, 0.1) is 13.8 Å². The van der Waals surface area contributed by atoms with Crippen molar-refractivity contribution in [1.82, 2.24) is 14.8 Å². The second-order valence-corrected chi connectivity index (χ2v) is 10.9. The number of anilines is 1. The lowest BCUT2D eigenvalue weighted by atomic mass is 10.1. The minimum absolute atomic E-state index is 0.104. The molecule has 3 aromatic rings. The molecule has 0 saturated carbocycles. The third-order valence-corrected chi connectivity index (χ3v) is 8.14. The van der Waals surface area contributed by atoms with E-state index in [2.05, 4.69) is 38.0 Å². The predicted octanol–water partition coefficient (Wildman–Crippen LogP) is 7.31. The molecule has 0 radical (unpaired) electrons. The number of nitrogens with zero attached hydrogens (tertiary/aromatic N) is 3. The fourth-order valence-electron chi connectivity index (χ4n) is 2.93. The van der Waals surface area contributed by atoms with E-state index in [1.165, 1.54) is 11.8 Å². The molecular weight excluding hydrogens is 563 g/mol. The van der Waals surface area contributed by atoms with Crippen LogP contribution in [0.25, 0.3) is 0 Å². The second kappa shape index (κ2) is 12.3. The predicted molar refractivity (Wildman–Crippen MR) is 145 cm³/mol. The first-order valence-electron chi connectivity index (χ1n) is 10.0. The molecule has 2 aromatic carbocycles. The summed E-state index contributed by atoms with van der Waals surface area (Å²) in [5, 5.41) is 13.4. The van der Waals surface area contributed by atoms with Crippen LogP contribution in [0.3, 0.4) is 0 Å². The molecule has 3 rings (SSSR count). The van der Waals surface area contributed by atoms with Gasteiger partial charge in [0.05, 0.1) is 27.2 Å². The maximum atomic E-state index is 12.5. The Morgan fingerprint density at radius 2 is 1.91 bits per heavy atom. The van der Waals surface area contributed by atoms with E-state index in [0.29, 0.717) is 27.5 Å².